The Labute approximate surface area is 118 Å². The number of anilines is 1. The number of amides is 1. The van der Waals surface area contributed by atoms with E-state index in [0.717, 1.165) is 12.1 Å². The molecule has 21 heavy (non-hydrogen) atoms. The summed E-state index contributed by atoms with van der Waals surface area (Å²) in [6.07, 6.45) is 4.30. The number of halogens is 2. The van der Waals surface area contributed by atoms with Crippen molar-refractivity contribution in [3.63, 3.8) is 0 Å². The van der Waals surface area contributed by atoms with E-state index in [2.05, 4.69) is 15.3 Å². The Kier molecular flexibility index (Phi) is 3.27. The van der Waals surface area contributed by atoms with Crippen molar-refractivity contribution < 1.29 is 13.6 Å². The van der Waals surface area contributed by atoms with Crippen molar-refractivity contribution >= 4 is 22.5 Å². The van der Waals surface area contributed by atoms with E-state index in [9.17, 15) is 13.6 Å². The SMILES string of the molecule is O=C(Nc1ccnc2c(F)cc(F)cc12)c1cccnc1. The first-order chi connectivity index (χ1) is 10.1. The molecule has 0 fully saturated rings. The zero-order valence-corrected chi connectivity index (χ0v) is 10.7. The van der Waals surface area contributed by atoms with Gasteiger partial charge in [-0.25, -0.2) is 8.78 Å². The molecule has 2 heterocycles. The third-order valence-corrected chi connectivity index (χ3v) is 2.94. The smallest absolute Gasteiger partial charge is 0.257 e. The molecule has 0 aliphatic carbocycles. The number of nitrogens with zero attached hydrogens (tertiary/aromatic N) is 2. The number of carbonyl (C=O) groups excluding carboxylic acids is 1. The first-order valence-electron chi connectivity index (χ1n) is 6.10. The van der Waals surface area contributed by atoms with E-state index in [4.69, 9.17) is 0 Å². The number of rotatable bonds is 2. The molecule has 3 aromatic rings. The van der Waals surface area contributed by atoms with Crippen LogP contribution in [0.25, 0.3) is 10.9 Å². The minimum absolute atomic E-state index is 0.000358. The molecule has 4 nitrogen and oxygen atoms in total. The van der Waals surface area contributed by atoms with E-state index in [-0.39, 0.29) is 16.6 Å². The molecule has 0 spiro atoms. The molecule has 3 rings (SSSR count). The van der Waals surface area contributed by atoms with Crippen LogP contribution in [0.15, 0.2) is 48.9 Å². The highest BCUT2D eigenvalue weighted by molar-refractivity contribution is 6.08. The largest absolute Gasteiger partial charge is 0.321 e. The molecule has 104 valence electrons. The van der Waals surface area contributed by atoms with Gasteiger partial charge in [0.2, 0.25) is 0 Å². The molecule has 6 heteroatoms. The Balaban J connectivity index is 2.03. The van der Waals surface area contributed by atoms with Gasteiger partial charge in [-0.3, -0.25) is 14.8 Å². The maximum Gasteiger partial charge on any atom is 0.257 e. The molecule has 1 amide bonds. The maximum atomic E-state index is 13.7. The van der Waals surface area contributed by atoms with Crippen molar-refractivity contribution in [2.24, 2.45) is 0 Å². The second-order valence-electron chi connectivity index (χ2n) is 4.34. The number of benzene rings is 1. The van der Waals surface area contributed by atoms with Gasteiger partial charge >= 0.3 is 0 Å². The van der Waals surface area contributed by atoms with Gasteiger partial charge in [0.05, 0.1) is 11.3 Å². The van der Waals surface area contributed by atoms with Gasteiger partial charge in [0.1, 0.15) is 11.3 Å². The van der Waals surface area contributed by atoms with Crippen LogP contribution >= 0.6 is 0 Å². The van der Waals surface area contributed by atoms with Crippen LogP contribution in [0.1, 0.15) is 10.4 Å². The third kappa shape index (κ3) is 2.55. The van der Waals surface area contributed by atoms with Crippen molar-refractivity contribution in [3.05, 3.63) is 66.1 Å². The van der Waals surface area contributed by atoms with Gasteiger partial charge < -0.3 is 5.32 Å². The maximum absolute atomic E-state index is 13.7. The van der Waals surface area contributed by atoms with E-state index in [0.29, 0.717) is 5.56 Å². The molecule has 1 N–H and O–H groups in total. The Morgan fingerprint density at radius 3 is 2.76 bits per heavy atom. The summed E-state index contributed by atoms with van der Waals surface area (Å²) >= 11 is 0. The van der Waals surface area contributed by atoms with Gasteiger partial charge in [-0.1, -0.05) is 0 Å². The Morgan fingerprint density at radius 2 is 2.00 bits per heavy atom. The van der Waals surface area contributed by atoms with Crippen LogP contribution in [0, 0.1) is 11.6 Å². The predicted octanol–water partition coefficient (Wildman–Crippen LogP) is 3.16. The molecule has 1 aromatic carbocycles. The number of fused-ring (bicyclic) bond motifs is 1. The lowest BCUT2D eigenvalue weighted by Gasteiger charge is -2.08. The number of carbonyl (C=O) groups is 1. The second-order valence-corrected chi connectivity index (χ2v) is 4.34. The van der Waals surface area contributed by atoms with Crippen molar-refractivity contribution in [3.8, 4) is 0 Å². The first-order valence-corrected chi connectivity index (χ1v) is 6.10. The molecular weight excluding hydrogens is 276 g/mol. The van der Waals surface area contributed by atoms with Crippen LogP contribution in [0.3, 0.4) is 0 Å². The van der Waals surface area contributed by atoms with E-state index in [1.165, 1.54) is 18.5 Å². The topological polar surface area (TPSA) is 54.9 Å². The van der Waals surface area contributed by atoms with Gasteiger partial charge in [0.25, 0.3) is 5.91 Å². The van der Waals surface area contributed by atoms with Crippen molar-refractivity contribution in [1.29, 1.82) is 0 Å². The normalized spacial score (nSPS) is 10.6. The summed E-state index contributed by atoms with van der Waals surface area (Å²) in [4.78, 5) is 19.8. The molecule has 2 aromatic heterocycles. The minimum atomic E-state index is -0.775. The fourth-order valence-electron chi connectivity index (χ4n) is 1.98. The van der Waals surface area contributed by atoms with Crippen LogP contribution in [0.5, 0.6) is 0 Å². The summed E-state index contributed by atoms with van der Waals surface area (Å²) in [6, 6.07) is 6.58. The number of hydrogen-bond acceptors (Lipinski definition) is 3. The number of hydrogen-bond donors (Lipinski definition) is 1. The summed E-state index contributed by atoms with van der Waals surface area (Å²) < 4.78 is 27.0. The zero-order valence-electron chi connectivity index (χ0n) is 10.7. The fourth-order valence-corrected chi connectivity index (χ4v) is 1.98. The van der Waals surface area contributed by atoms with Gasteiger partial charge in [-0.15, -0.1) is 0 Å². The monoisotopic (exact) mass is 285 g/mol. The van der Waals surface area contributed by atoms with Gasteiger partial charge in [-0.2, -0.15) is 0 Å². The van der Waals surface area contributed by atoms with Crippen molar-refractivity contribution in [1.82, 2.24) is 9.97 Å². The van der Waals surface area contributed by atoms with E-state index in [1.807, 2.05) is 0 Å². The highest BCUT2D eigenvalue weighted by Crippen LogP contribution is 2.25. The molecule has 0 saturated heterocycles. The van der Waals surface area contributed by atoms with E-state index < -0.39 is 17.5 Å². The molecule has 0 bridgehead atoms. The lowest BCUT2D eigenvalue weighted by atomic mass is 10.1. The average Bonchev–Trinajstić information content (AvgIpc) is 2.49. The number of aromatic nitrogens is 2. The zero-order chi connectivity index (χ0) is 14.8. The summed E-state index contributed by atoms with van der Waals surface area (Å²) in [7, 11) is 0. The third-order valence-electron chi connectivity index (χ3n) is 2.94. The van der Waals surface area contributed by atoms with Crippen LogP contribution in [0.2, 0.25) is 0 Å². The quantitative estimate of drug-likeness (QED) is 0.787. The lowest BCUT2D eigenvalue weighted by Crippen LogP contribution is -2.12. The molecule has 0 aliphatic rings. The predicted molar refractivity (Wildman–Crippen MR) is 73.8 cm³/mol. The van der Waals surface area contributed by atoms with Crippen LogP contribution in [-0.2, 0) is 0 Å². The summed E-state index contributed by atoms with van der Waals surface area (Å²) in [5.41, 5.74) is 0.631. The Hall–Kier alpha value is -2.89. The van der Waals surface area contributed by atoms with Crippen LogP contribution < -0.4 is 5.32 Å². The molecule has 0 saturated carbocycles. The van der Waals surface area contributed by atoms with E-state index in [1.54, 1.807) is 18.3 Å². The summed E-state index contributed by atoms with van der Waals surface area (Å²) in [6.45, 7) is 0. The molecular formula is C15H9F2N3O. The van der Waals surface area contributed by atoms with Crippen molar-refractivity contribution in [2.75, 3.05) is 5.32 Å². The molecule has 0 atom stereocenters. The Bertz CT molecular complexity index is 822. The standard InChI is InChI=1S/C15H9F2N3O/c16-10-6-11-13(3-5-19-14(11)12(17)7-10)20-15(21)9-2-1-4-18-8-9/h1-8H,(H,19,20,21). The van der Waals surface area contributed by atoms with Gasteiger partial charge in [0.15, 0.2) is 5.82 Å². The van der Waals surface area contributed by atoms with Crippen LogP contribution in [-0.4, -0.2) is 15.9 Å². The van der Waals surface area contributed by atoms with Gasteiger partial charge in [0, 0.05) is 30.0 Å². The highest BCUT2D eigenvalue weighted by Gasteiger charge is 2.12. The molecule has 0 aliphatic heterocycles. The summed E-state index contributed by atoms with van der Waals surface area (Å²) in [5, 5.41) is 2.80. The van der Waals surface area contributed by atoms with Crippen LogP contribution in [0.4, 0.5) is 14.5 Å². The Morgan fingerprint density at radius 1 is 1.14 bits per heavy atom. The second kappa shape index (κ2) is 5.24. The highest BCUT2D eigenvalue weighted by atomic mass is 19.1. The average molecular weight is 285 g/mol. The first kappa shape index (κ1) is 13.1. The van der Waals surface area contributed by atoms with Crippen molar-refractivity contribution in [2.45, 2.75) is 0 Å². The van der Waals surface area contributed by atoms with Gasteiger partial charge in [-0.05, 0) is 24.3 Å². The lowest BCUT2D eigenvalue weighted by molar-refractivity contribution is 0.102. The van der Waals surface area contributed by atoms with E-state index >= 15 is 0 Å². The summed E-state index contributed by atoms with van der Waals surface area (Å²) in [5.74, 6) is -1.92. The number of pyridine rings is 2. The molecule has 0 unspecified atom stereocenters. The number of nitrogens with one attached hydrogen (secondary N) is 1. The molecule has 0 radical (unpaired) electrons. The fraction of sp³-hybridized carbons (Fsp3) is 0. The minimum Gasteiger partial charge on any atom is -0.321 e.